The third-order valence-electron chi connectivity index (χ3n) is 5.09. The van der Waals surface area contributed by atoms with Crippen molar-refractivity contribution in [3.63, 3.8) is 0 Å². The van der Waals surface area contributed by atoms with Crippen molar-refractivity contribution in [2.45, 2.75) is 43.8 Å². The number of nitrogens with one attached hydrogen (secondary N) is 2. The molecular weight excluding hydrogens is 294 g/mol. The molecule has 0 aromatic heterocycles. The van der Waals surface area contributed by atoms with Crippen molar-refractivity contribution in [1.29, 1.82) is 0 Å². The number of hydrogen-bond donors (Lipinski definition) is 2. The molecule has 1 aromatic rings. The molecule has 6 nitrogen and oxygen atoms in total. The number of anilines is 1. The molecule has 126 valence electrons. The largest absolute Gasteiger partial charge is 0.497 e. The second-order valence-corrected chi connectivity index (χ2v) is 6.38. The van der Waals surface area contributed by atoms with E-state index >= 15 is 0 Å². The molecule has 2 saturated heterocycles. The lowest BCUT2D eigenvalue weighted by atomic mass is 9.98. The van der Waals surface area contributed by atoms with Crippen LogP contribution in [0.1, 0.15) is 25.7 Å². The fraction of sp³-hybridized carbons (Fsp3) is 0.588. The summed E-state index contributed by atoms with van der Waals surface area (Å²) in [5, 5.41) is 5.98. The predicted molar refractivity (Wildman–Crippen MR) is 89.3 cm³/mol. The van der Waals surface area contributed by atoms with Gasteiger partial charge in [0, 0.05) is 24.2 Å². The summed E-state index contributed by atoms with van der Waals surface area (Å²) in [6.07, 6.45) is 4.53. The van der Waals surface area contributed by atoms with Crippen LogP contribution in [-0.2, 0) is 0 Å². The first-order valence-electron chi connectivity index (χ1n) is 8.12. The second kappa shape index (κ2) is 6.66. The Bertz CT molecular complexity index is 564. The first-order chi connectivity index (χ1) is 11.1. The minimum absolute atomic E-state index is 0.189. The average molecular weight is 319 g/mol. The predicted octanol–water partition coefficient (Wildman–Crippen LogP) is 2.45. The van der Waals surface area contributed by atoms with Crippen LogP contribution in [0.3, 0.4) is 0 Å². The zero-order valence-corrected chi connectivity index (χ0v) is 14.0. The maximum absolute atomic E-state index is 12.3. The van der Waals surface area contributed by atoms with Crippen LogP contribution in [0.2, 0.25) is 0 Å². The minimum atomic E-state index is -0.189. The first kappa shape index (κ1) is 15.9. The zero-order chi connectivity index (χ0) is 16.4. The van der Waals surface area contributed by atoms with Crippen LogP contribution in [0.5, 0.6) is 11.5 Å². The van der Waals surface area contributed by atoms with E-state index in [1.54, 1.807) is 32.4 Å². The Morgan fingerprint density at radius 1 is 1.17 bits per heavy atom. The molecule has 23 heavy (non-hydrogen) atoms. The zero-order valence-electron chi connectivity index (χ0n) is 14.0. The van der Waals surface area contributed by atoms with Gasteiger partial charge in [0.05, 0.1) is 19.9 Å². The summed E-state index contributed by atoms with van der Waals surface area (Å²) < 4.78 is 10.5. The summed E-state index contributed by atoms with van der Waals surface area (Å²) in [6.45, 7) is 0. The van der Waals surface area contributed by atoms with Gasteiger partial charge < -0.3 is 25.0 Å². The van der Waals surface area contributed by atoms with Gasteiger partial charge in [0.1, 0.15) is 11.5 Å². The van der Waals surface area contributed by atoms with Crippen LogP contribution in [0.15, 0.2) is 18.2 Å². The highest BCUT2D eigenvalue weighted by Gasteiger charge is 2.38. The molecular formula is C17H25N3O3. The highest BCUT2D eigenvalue weighted by atomic mass is 16.5. The second-order valence-electron chi connectivity index (χ2n) is 6.38. The topological polar surface area (TPSA) is 62.8 Å². The van der Waals surface area contributed by atoms with E-state index in [9.17, 15) is 4.79 Å². The van der Waals surface area contributed by atoms with E-state index in [0.717, 1.165) is 12.8 Å². The maximum atomic E-state index is 12.3. The van der Waals surface area contributed by atoms with Gasteiger partial charge in [-0.05, 0) is 44.9 Å². The van der Waals surface area contributed by atoms with E-state index in [2.05, 4.69) is 22.6 Å². The molecule has 6 heteroatoms. The molecule has 1 aromatic carbocycles. The van der Waals surface area contributed by atoms with Crippen LogP contribution in [0.25, 0.3) is 0 Å². The number of nitrogens with zero attached hydrogens (tertiary/aromatic N) is 1. The van der Waals surface area contributed by atoms with Crippen LogP contribution >= 0.6 is 0 Å². The van der Waals surface area contributed by atoms with Crippen molar-refractivity contribution in [3.8, 4) is 11.5 Å². The summed E-state index contributed by atoms with van der Waals surface area (Å²) in [4.78, 5) is 14.8. The molecule has 0 saturated carbocycles. The van der Waals surface area contributed by atoms with Crippen molar-refractivity contribution in [1.82, 2.24) is 10.2 Å². The number of methoxy groups -OCH3 is 2. The highest BCUT2D eigenvalue weighted by molar-refractivity contribution is 5.91. The van der Waals surface area contributed by atoms with E-state index in [-0.39, 0.29) is 12.1 Å². The highest BCUT2D eigenvalue weighted by Crippen LogP contribution is 2.34. The molecule has 0 spiro atoms. The summed E-state index contributed by atoms with van der Waals surface area (Å²) in [5.41, 5.74) is 0.611. The average Bonchev–Trinajstić information content (AvgIpc) is 2.75. The Hall–Kier alpha value is -1.95. The Morgan fingerprint density at radius 3 is 2.48 bits per heavy atom. The molecule has 2 N–H and O–H groups in total. The van der Waals surface area contributed by atoms with Crippen LogP contribution in [-0.4, -0.2) is 50.3 Å². The Morgan fingerprint density at radius 2 is 1.87 bits per heavy atom. The van der Waals surface area contributed by atoms with Crippen molar-refractivity contribution >= 4 is 11.7 Å². The van der Waals surface area contributed by atoms with Crippen molar-refractivity contribution in [2.75, 3.05) is 26.6 Å². The lowest BCUT2D eigenvalue weighted by molar-refractivity contribution is 0.151. The number of ether oxygens (including phenoxy) is 2. The quantitative estimate of drug-likeness (QED) is 0.895. The molecule has 0 radical (unpaired) electrons. The molecule has 0 aliphatic carbocycles. The molecule has 2 bridgehead atoms. The summed E-state index contributed by atoms with van der Waals surface area (Å²) in [5.74, 6) is 1.29. The smallest absolute Gasteiger partial charge is 0.319 e. The Labute approximate surface area is 137 Å². The number of benzene rings is 1. The molecule has 2 aliphatic rings. The summed E-state index contributed by atoms with van der Waals surface area (Å²) in [6, 6.07) is 6.60. The molecule has 2 amide bonds. The van der Waals surface area contributed by atoms with Crippen LogP contribution in [0, 0.1) is 0 Å². The van der Waals surface area contributed by atoms with E-state index in [1.165, 1.54) is 12.8 Å². The van der Waals surface area contributed by atoms with Gasteiger partial charge in [-0.15, -0.1) is 0 Å². The number of piperidine rings is 1. The molecule has 2 heterocycles. The van der Waals surface area contributed by atoms with Crippen molar-refractivity contribution in [2.24, 2.45) is 0 Å². The molecule has 2 aliphatic heterocycles. The van der Waals surface area contributed by atoms with Gasteiger partial charge in [-0.3, -0.25) is 0 Å². The van der Waals surface area contributed by atoms with Gasteiger partial charge in [-0.25, -0.2) is 4.79 Å². The van der Waals surface area contributed by atoms with Crippen LogP contribution < -0.4 is 20.1 Å². The molecule has 2 unspecified atom stereocenters. The van der Waals surface area contributed by atoms with Gasteiger partial charge in [-0.1, -0.05) is 0 Å². The fourth-order valence-electron chi connectivity index (χ4n) is 3.78. The first-order valence-corrected chi connectivity index (χ1v) is 8.12. The molecule has 3 rings (SSSR count). The van der Waals surface area contributed by atoms with Gasteiger partial charge >= 0.3 is 6.03 Å². The van der Waals surface area contributed by atoms with Gasteiger partial charge in [0.2, 0.25) is 0 Å². The lowest BCUT2D eigenvalue weighted by Crippen LogP contribution is -2.49. The summed E-state index contributed by atoms with van der Waals surface area (Å²) >= 11 is 0. The maximum Gasteiger partial charge on any atom is 0.319 e. The molecule has 2 fully saturated rings. The van der Waals surface area contributed by atoms with Crippen LogP contribution in [0.4, 0.5) is 10.5 Å². The number of urea groups is 1. The van der Waals surface area contributed by atoms with Gasteiger partial charge in [0.15, 0.2) is 0 Å². The Kier molecular flexibility index (Phi) is 4.61. The number of fused-ring (bicyclic) bond motifs is 2. The number of rotatable bonds is 4. The van der Waals surface area contributed by atoms with Gasteiger partial charge in [-0.2, -0.15) is 0 Å². The van der Waals surface area contributed by atoms with E-state index in [1.807, 2.05) is 0 Å². The minimum Gasteiger partial charge on any atom is -0.497 e. The van der Waals surface area contributed by atoms with E-state index in [0.29, 0.717) is 29.3 Å². The van der Waals surface area contributed by atoms with E-state index in [4.69, 9.17) is 9.47 Å². The number of amides is 2. The van der Waals surface area contributed by atoms with Crippen molar-refractivity contribution < 1.29 is 14.3 Å². The third kappa shape index (κ3) is 3.37. The molecule has 2 atom stereocenters. The SMILES string of the molecule is COc1ccc(OC)c(NC(=O)NC2CC3CCC(C2)N3C)c1. The Balaban J connectivity index is 1.61. The number of hydrogen-bond acceptors (Lipinski definition) is 4. The lowest BCUT2D eigenvalue weighted by Gasteiger charge is -2.36. The number of carbonyl (C=O) groups is 1. The van der Waals surface area contributed by atoms with Crippen molar-refractivity contribution in [3.05, 3.63) is 18.2 Å². The normalized spacial score (nSPS) is 26.7. The third-order valence-corrected chi connectivity index (χ3v) is 5.09. The van der Waals surface area contributed by atoms with Gasteiger partial charge in [0.25, 0.3) is 0 Å². The fourth-order valence-corrected chi connectivity index (χ4v) is 3.78. The number of carbonyl (C=O) groups excluding carboxylic acids is 1. The van der Waals surface area contributed by atoms with E-state index < -0.39 is 0 Å². The summed E-state index contributed by atoms with van der Waals surface area (Å²) in [7, 11) is 5.37. The monoisotopic (exact) mass is 319 g/mol. The standard InChI is InChI=1S/C17H25N3O3/c1-20-12-4-5-13(20)9-11(8-12)18-17(21)19-15-10-14(22-2)6-7-16(15)23-3/h6-7,10-13H,4-5,8-9H2,1-3H3,(H2,18,19,21).